The molecular formula is C20H25FN4O5P+. The van der Waals surface area contributed by atoms with Gasteiger partial charge in [-0.2, -0.15) is 0 Å². The molecule has 2 heterocycles. The molecule has 1 aromatic heterocycles. The third-order valence-corrected chi connectivity index (χ3v) is 5.95. The lowest BCUT2D eigenvalue weighted by molar-refractivity contribution is -0.0102. The van der Waals surface area contributed by atoms with Gasteiger partial charge < -0.3 is 15.2 Å². The summed E-state index contributed by atoms with van der Waals surface area (Å²) >= 11 is 0. The fraction of sp³-hybridized carbons (Fsp3) is 0.450. The summed E-state index contributed by atoms with van der Waals surface area (Å²) < 4.78 is 31.3. The Hall–Kier alpha value is -2.68. The first-order chi connectivity index (χ1) is 14.8. The molecule has 2 unspecified atom stereocenters. The number of nitrogens with zero attached hydrogens (tertiary/aromatic N) is 3. The molecule has 1 aromatic carbocycles. The summed E-state index contributed by atoms with van der Waals surface area (Å²) in [6, 6.07) is 5.16. The number of ether oxygens (including phenoxy) is 1. The number of hydrogen-bond acceptors (Lipinski definition) is 7. The average Bonchev–Trinajstić information content (AvgIpc) is 2.76. The lowest BCUT2D eigenvalue weighted by Gasteiger charge is -2.34. The van der Waals surface area contributed by atoms with E-state index in [1.807, 2.05) is 4.90 Å². The molecule has 166 valence electrons. The van der Waals surface area contributed by atoms with E-state index in [4.69, 9.17) is 4.74 Å². The zero-order chi connectivity index (χ0) is 22.5. The van der Waals surface area contributed by atoms with Gasteiger partial charge in [0.15, 0.2) is 11.9 Å². The summed E-state index contributed by atoms with van der Waals surface area (Å²) in [4.78, 5) is 31.6. The van der Waals surface area contributed by atoms with Crippen molar-refractivity contribution >= 4 is 13.7 Å². The van der Waals surface area contributed by atoms with Crippen LogP contribution in [0.1, 0.15) is 27.9 Å². The van der Waals surface area contributed by atoms with Crippen molar-refractivity contribution in [3.63, 3.8) is 0 Å². The molecule has 9 nitrogen and oxygen atoms in total. The van der Waals surface area contributed by atoms with E-state index in [2.05, 4.69) is 10.3 Å². The van der Waals surface area contributed by atoms with Crippen LogP contribution >= 0.6 is 7.80 Å². The first kappa shape index (κ1) is 23.0. The van der Waals surface area contributed by atoms with Gasteiger partial charge in [-0.15, -0.1) is 0 Å². The van der Waals surface area contributed by atoms with Crippen molar-refractivity contribution in [2.75, 3.05) is 39.1 Å². The predicted octanol–water partition coefficient (Wildman–Crippen LogP) is 1.39. The van der Waals surface area contributed by atoms with Gasteiger partial charge >= 0.3 is 7.80 Å². The Bertz CT molecular complexity index is 1030. The summed E-state index contributed by atoms with van der Waals surface area (Å²) in [6.07, 6.45) is 0.489. The molecule has 1 saturated heterocycles. The average molecular weight is 451 g/mol. The molecule has 1 aliphatic rings. The van der Waals surface area contributed by atoms with Gasteiger partial charge in [-0.25, -0.2) is 9.37 Å². The second kappa shape index (κ2) is 10.1. The Morgan fingerprint density at radius 1 is 1.39 bits per heavy atom. The number of aromatic nitrogens is 2. The van der Waals surface area contributed by atoms with Crippen molar-refractivity contribution in [1.29, 1.82) is 0 Å². The van der Waals surface area contributed by atoms with Crippen LogP contribution in [0.3, 0.4) is 0 Å². The fourth-order valence-corrected chi connectivity index (χ4v) is 3.88. The fourth-order valence-electron chi connectivity index (χ4n) is 3.34. The lowest BCUT2D eigenvalue weighted by Crippen LogP contribution is -2.44. The van der Waals surface area contributed by atoms with E-state index in [0.717, 1.165) is 0 Å². The standard InChI is InChI=1S/C20H24FN4O5P/c1-24-18(15-12-30-9-7-25(15)8-10-31(2)29)23-16(17(26)20(24)28)19(27)22-11-13-3-5-14(21)6-4-13/h3-6,15H,7-12H2,1-2H3,(H-,22,26,27)/p+1. The molecule has 11 heteroatoms. The largest absolute Gasteiger partial charge is 0.501 e. The molecule has 2 N–H and O–H groups in total. The number of carbonyl (C=O) groups is 1. The Kier molecular flexibility index (Phi) is 7.48. The van der Waals surface area contributed by atoms with Gasteiger partial charge in [0.1, 0.15) is 18.3 Å². The van der Waals surface area contributed by atoms with Crippen molar-refractivity contribution in [3.8, 4) is 5.75 Å². The van der Waals surface area contributed by atoms with Gasteiger partial charge in [0.25, 0.3) is 11.5 Å². The number of aromatic hydroxyl groups is 1. The Labute approximate surface area is 179 Å². The van der Waals surface area contributed by atoms with Crippen LogP contribution in [0.5, 0.6) is 5.75 Å². The van der Waals surface area contributed by atoms with Crippen molar-refractivity contribution in [1.82, 2.24) is 19.8 Å². The molecule has 1 amide bonds. The van der Waals surface area contributed by atoms with Crippen molar-refractivity contribution in [2.24, 2.45) is 7.05 Å². The highest BCUT2D eigenvalue weighted by atomic mass is 31.1. The Balaban J connectivity index is 1.86. The maximum absolute atomic E-state index is 13.0. The number of carbonyl (C=O) groups excluding carboxylic acids is 1. The molecule has 2 aromatic rings. The zero-order valence-corrected chi connectivity index (χ0v) is 18.3. The normalized spacial score (nSPS) is 17.4. The van der Waals surface area contributed by atoms with Gasteiger partial charge in [-0.05, 0) is 17.7 Å². The van der Waals surface area contributed by atoms with Crippen LogP contribution in [-0.4, -0.2) is 64.6 Å². The van der Waals surface area contributed by atoms with Gasteiger partial charge in [-0.1, -0.05) is 16.7 Å². The van der Waals surface area contributed by atoms with E-state index >= 15 is 0 Å². The van der Waals surface area contributed by atoms with E-state index in [0.29, 0.717) is 31.4 Å². The number of rotatable bonds is 7. The maximum atomic E-state index is 13.0. The molecule has 31 heavy (non-hydrogen) atoms. The Morgan fingerprint density at radius 3 is 2.77 bits per heavy atom. The maximum Gasteiger partial charge on any atom is 0.336 e. The number of nitrogens with one attached hydrogen (secondary N) is 1. The molecule has 2 atom stereocenters. The highest BCUT2D eigenvalue weighted by molar-refractivity contribution is 7.43. The number of morpholine rings is 1. The van der Waals surface area contributed by atoms with E-state index < -0.39 is 36.9 Å². The van der Waals surface area contributed by atoms with Crippen LogP contribution < -0.4 is 10.9 Å². The second-order valence-corrected chi connectivity index (χ2v) is 9.02. The van der Waals surface area contributed by atoms with Crippen LogP contribution in [0, 0.1) is 5.82 Å². The molecule has 0 radical (unpaired) electrons. The molecule has 1 aliphatic heterocycles. The number of hydrogen-bond donors (Lipinski definition) is 2. The Morgan fingerprint density at radius 2 is 2.10 bits per heavy atom. The molecule has 0 saturated carbocycles. The number of halogens is 1. The third-order valence-electron chi connectivity index (χ3n) is 5.12. The quantitative estimate of drug-likeness (QED) is 0.612. The zero-order valence-electron chi connectivity index (χ0n) is 17.4. The molecule has 1 fully saturated rings. The molecular weight excluding hydrogens is 426 g/mol. The van der Waals surface area contributed by atoms with Crippen molar-refractivity contribution in [2.45, 2.75) is 12.6 Å². The third kappa shape index (κ3) is 5.52. The second-order valence-electron chi connectivity index (χ2n) is 7.32. The van der Waals surface area contributed by atoms with Crippen LogP contribution in [-0.2, 0) is 22.9 Å². The minimum atomic E-state index is -1.33. The van der Waals surface area contributed by atoms with Crippen LogP contribution in [0.25, 0.3) is 0 Å². The lowest BCUT2D eigenvalue weighted by atomic mass is 10.2. The minimum Gasteiger partial charge on any atom is -0.501 e. The van der Waals surface area contributed by atoms with E-state index in [1.165, 1.54) is 35.9 Å². The van der Waals surface area contributed by atoms with E-state index in [1.54, 1.807) is 6.66 Å². The number of benzene rings is 1. The van der Waals surface area contributed by atoms with Crippen molar-refractivity contribution < 1.29 is 23.6 Å². The minimum absolute atomic E-state index is 0.0764. The van der Waals surface area contributed by atoms with Gasteiger partial charge in [0.2, 0.25) is 5.75 Å². The summed E-state index contributed by atoms with van der Waals surface area (Å²) in [5, 5.41) is 12.8. The van der Waals surface area contributed by atoms with Gasteiger partial charge in [-0.3, -0.25) is 19.1 Å². The van der Waals surface area contributed by atoms with Gasteiger partial charge in [0.05, 0.1) is 19.3 Å². The topological polar surface area (TPSA) is 114 Å². The summed E-state index contributed by atoms with van der Waals surface area (Å²) in [7, 11) is 0.143. The molecule has 3 rings (SSSR count). The molecule has 0 bridgehead atoms. The van der Waals surface area contributed by atoms with Crippen molar-refractivity contribution in [3.05, 3.63) is 57.5 Å². The van der Waals surface area contributed by atoms with E-state index in [9.17, 15) is 23.7 Å². The first-order valence-electron chi connectivity index (χ1n) is 9.80. The van der Waals surface area contributed by atoms with Crippen LogP contribution in [0.2, 0.25) is 0 Å². The van der Waals surface area contributed by atoms with Gasteiger partial charge in [0, 0.05) is 26.7 Å². The van der Waals surface area contributed by atoms with Crippen LogP contribution in [0.15, 0.2) is 29.1 Å². The summed E-state index contributed by atoms with van der Waals surface area (Å²) in [5.74, 6) is -1.58. The van der Waals surface area contributed by atoms with Crippen LogP contribution in [0.4, 0.5) is 4.39 Å². The number of amides is 1. The predicted molar refractivity (Wildman–Crippen MR) is 112 cm³/mol. The highest BCUT2D eigenvalue weighted by Crippen LogP contribution is 2.25. The monoisotopic (exact) mass is 451 g/mol. The highest BCUT2D eigenvalue weighted by Gasteiger charge is 2.31. The smallest absolute Gasteiger partial charge is 0.336 e. The summed E-state index contributed by atoms with van der Waals surface area (Å²) in [6.45, 7) is 3.57. The van der Waals surface area contributed by atoms with E-state index in [-0.39, 0.29) is 24.7 Å². The SMILES string of the molecule is Cn1c(C2COCCN2CC[P+](C)=O)nc(C(=O)NCc2ccc(F)cc2)c(O)c1=O. The first-order valence-corrected chi connectivity index (χ1v) is 11.7. The summed E-state index contributed by atoms with van der Waals surface area (Å²) in [5.41, 5.74) is -0.477. The molecule has 0 spiro atoms. The molecule has 0 aliphatic carbocycles.